The van der Waals surface area contributed by atoms with E-state index in [1.165, 1.54) is 41.2 Å². The molecule has 1 aliphatic rings. The Hall–Kier alpha value is -0.0900. The fraction of sp³-hybridized carbons (Fsp3) is 0.647. The standard InChI is InChI=1S/C17H25IO/c1-2-4-14-5-3-11-17(19,12-10-14)13-15-6-8-16(18)9-7-15/h6-9,14,19H,2-5,10-13H2,1H3. The third-order valence-corrected chi connectivity index (χ3v) is 5.13. The van der Waals surface area contributed by atoms with Crippen LogP contribution in [0.15, 0.2) is 24.3 Å². The quantitative estimate of drug-likeness (QED) is 0.586. The van der Waals surface area contributed by atoms with Crippen LogP contribution in [0.2, 0.25) is 0 Å². The van der Waals surface area contributed by atoms with E-state index in [9.17, 15) is 5.11 Å². The second-order valence-electron chi connectivity index (χ2n) is 6.11. The van der Waals surface area contributed by atoms with Gasteiger partial charge in [-0.25, -0.2) is 0 Å². The molecule has 1 saturated carbocycles. The third kappa shape index (κ3) is 4.75. The molecule has 19 heavy (non-hydrogen) atoms. The molecule has 0 radical (unpaired) electrons. The van der Waals surface area contributed by atoms with Crippen LogP contribution in [0.5, 0.6) is 0 Å². The van der Waals surface area contributed by atoms with Gasteiger partial charge in [0.1, 0.15) is 0 Å². The molecule has 0 saturated heterocycles. The fourth-order valence-corrected chi connectivity index (χ4v) is 3.68. The van der Waals surface area contributed by atoms with Crippen LogP contribution in [0.1, 0.15) is 57.4 Å². The lowest BCUT2D eigenvalue weighted by atomic mass is 9.87. The van der Waals surface area contributed by atoms with Crippen molar-refractivity contribution in [3.63, 3.8) is 0 Å². The average Bonchev–Trinajstić information content (AvgIpc) is 2.56. The number of rotatable bonds is 4. The van der Waals surface area contributed by atoms with Gasteiger partial charge in [0.15, 0.2) is 0 Å². The van der Waals surface area contributed by atoms with Gasteiger partial charge in [-0.15, -0.1) is 0 Å². The second kappa shape index (κ2) is 7.07. The van der Waals surface area contributed by atoms with Crippen LogP contribution in [0.4, 0.5) is 0 Å². The maximum absolute atomic E-state index is 10.9. The lowest BCUT2D eigenvalue weighted by Gasteiger charge is -2.27. The van der Waals surface area contributed by atoms with Gasteiger partial charge >= 0.3 is 0 Å². The first-order valence-electron chi connectivity index (χ1n) is 7.58. The Labute approximate surface area is 130 Å². The molecule has 0 aliphatic heterocycles. The van der Waals surface area contributed by atoms with Crippen molar-refractivity contribution in [1.29, 1.82) is 0 Å². The first-order valence-corrected chi connectivity index (χ1v) is 8.66. The Morgan fingerprint density at radius 1 is 1.21 bits per heavy atom. The number of hydrogen-bond acceptors (Lipinski definition) is 1. The van der Waals surface area contributed by atoms with Gasteiger partial charge in [0.25, 0.3) is 0 Å². The molecule has 2 atom stereocenters. The van der Waals surface area contributed by atoms with Crippen molar-refractivity contribution in [2.45, 2.75) is 63.9 Å². The highest BCUT2D eigenvalue weighted by molar-refractivity contribution is 14.1. The SMILES string of the molecule is CCCC1CCCC(O)(Cc2ccc(I)cc2)CC1. The zero-order valence-corrected chi connectivity index (χ0v) is 14.0. The van der Waals surface area contributed by atoms with E-state index in [1.54, 1.807) is 0 Å². The number of benzene rings is 1. The van der Waals surface area contributed by atoms with Crippen LogP contribution in [0, 0.1) is 9.49 Å². The van der Waals surface area contributed by atoms with Crippen LogP contribution in [-0.4, -0.2) is 10.7 Å². The summed E-state index contributed by atoms with van der Waals surface area (Å²) in [6.07, 6.45) is 9.08. The highest BCUT2D eigenvalue weighted by Gasteiger charge is 2.30. The van der Waals surface area contributed by atoms with Crippen molar-refractivity contribution in [1.82, 2.24) is 0 Å². The minimum atomic E-state index is -0.463. The van der Waals surface area contributed by atoms with Crippen molar-refractivity contribution in [2.24, 2.45) is 5.92 Å². The summed E-state index contributed by atoms with van der Waals surface area (Å²) in [5.74, 6) is 0.843. The predicted molar refractivity (Wildman–Crippen MR) is 89.3 cm³/mol. The zero-order valence-electron chi connectivity index (χ0n) is 11.9. The van der Waals surface area contributed by atoms with E-state index in [0.717, 1.165) is 25.2 Å². The molecule has 0 bridgehead atoms. The number of aliphatic hydroxyl groups is 1. The fourth-order valence-electron chi connectivity index (χ4n) is 3.32. The van der Waals surface area contributed by atoms with Crippen molar-refractivity contribution in [2.75, 3.05) is 0 Å². The van der Waals surface area contributed by atoms with Gasteiger partial charge in [-0.1, -0.05) is 44.7 Å². The summed E-state index contributed by atoms with van der Waals surface area (Å²) in [5, 5.41) is 10.9. The van der Waals surface area contributed by atoms with Gasteiger partial charge in [-0.2, -0.15) is 0 Å². The molecular weight excluding hydrogens is 347 g/mol. The lowest BCUT2D eigenvalue weighted by molar-refractivity contribution is 0.0241. The number of halogens is 1. The van der Waals surface area contributed by atoms with Crippen molar-refractivity contribution in [3.8, 4) is 0 Å². The summed E-state index contributed by atoms with van der Waals surface area (Å²) < 4.78 is 1.26. The summed E-state index contributed by atoms with van der Waals surface area (Å²) in [5.41, 5.74) is 0.812. The summed E-state index contributed by atoms with van der Waals surface area (Å²) in [7, 11) is 0. The van der Waals surface area contributed by atoms with E-state index in [2.05, 4.69) is 53.8 Å². The van der Waals surface area contributed by atoms with Crippen molar-refractivity contribution in [3.05, 3.63) is 33.4 Å². The van der Waals surface area contributed by atoms with E-state index < -0.39 is 5.60 Å². The highest BCUT2D eigenvalue weighted by atomic mass is 127. The summed E-state index contributed by atoms with van der Waals surface area (Å²) in [6, 6.07) is 8.59. The monoisotopic (exact) mass is 372 g/mol. The predicted octanol–water partition coefficient (Wildman–Crippen LogP) is 4.95. The molecule has 2 heteroatoms. The van der Waals surface area contributed by atoms with Gasteiger partial charge in [0.2, 0.25) is 0 Å². The van der Waals surface area contributed by atoms with Gasteiger partial charge in [0, 0.05) is 9.99 Å². The Balaban J connectivity index is 1.96. The normalized spacial score (nSPS) is 28.1. The smallest absolute Gasteiger partial charge is 0.0688 e. The molecule has 1 nitrogen and oxygen atoms in total. The molecule has 0 aromatic heterocycles. The molecule has 0 heterocycles. The highest BCUT2D eigenvalue weighted by Crippen LogP contribution is 2.34. The van der Waals surface area contributed by atoms with Crippen LogP contribution < -0.4 is 0 Å². The van der Waals surface area contributed by atoms with E-state index in [4.69, 9.17) is 0 Å². The van der Waals surface area contributed by atoms with E-state index >= 15 is 0 Å². The Bertz CT molecular complexity index is 387. The minimum Gasteiger partial charge on any atom is -0.390 e. The van der Waals surface area contributed by atoms with Gasteiger partial charge in [-0.3, -0.25) is 0 Å². The van der Waals surface area contributed by atoms with Crippen molar-refractivity contribution >= 4 is 22.6 Å². The Morgan fingerprint density at radius 3 is 2.63 bits per heavy atom. The first kappa shape index (κ1) is 15.3. The topological polar surface area (TPSA) is 20.2 Å². The van der Waals surface area contributed by atoms with Crippen LogP contribution in [0.3, 0.4) is 0 Å². The Kier molecular flexibility index (Phi) is 5.70. The van der Waals surface area contributed by atoms with Crippen LogP contribution >= 0.6 is 22.6 Å². The zero-order chi connectivity index (χ0) is 13.7. The molecule has 1 fully saturated rings. The maximum Gasteiger partial charge on any atom is 0.0688 e. The maximum atomic E-state index is 10.9. The Morgan fingerprint density at radius 2 is 1.95 bits per heavy atom. The largest absolute Gasteiger partial charge is 0.390 e. The molecule has 2 unspecified atom stereocenters. The minimum absolute atomic E-state index is 0.463. The van der Waals surface area contributed by atoms with Gasteiger partial charge < -0.3 is 5.11 Å². The molecule has 0 amide bonds. The molecule has 1 aromatic rings. The molecule has 1 aliphatic carbocycles. The van der Waals surface area contributed by atoms with Gasteiger partial charge in [-0.05, 0) is 65.5 Å². The van der Waals surface area contributed by atoms with Crippen LogP contribution in [0.25, 0.3) is 0 Å². The second-order valence-corrected chi connectivity index (χ2v) is 7.36. The van der Waals surface area contributed by atoms with Gasteiger partial charge in [0.05, 0.1) is 5.60 Å². The van der Waals surface area contributed by atoms with Crippen LogP contribution in [-0.2, 0) is 6.42 Å². The molecule has 0 spiro atoms. The third-order valence-electron chi connectivity index (χ3n) is 4.42. The molecule has 1 N–H and O–H groups in total. The molecular formula is C17H25IO. The summed E-state index contributed by atoms with van der Waals surface area (Å²) in [6.45, 7) is 2.27. The lowest BCUT2D eigenvalue weighted by Crippen LogP contribution is -2.30. The molecule has 2 rings (SSSR count). The van der Waals surface area contributed by atoms with Crippen molar-refractivity contribution < 1.29 is 5.11 Å². The average molecular weight is 372 g/mol. The molecule has 1 aromatic carbocycles. The first-order chi connectivity index (χ1) is 9.11. The number of hydrogen-bond donors (Lipinski definition) is 1. The van der Waals surface area contributed by atoms with E-state index in [-0.39, 0.29) is 0 Å². The summed E-state index contributed by atoms with van der Waals surface area (Å²) in [4.78, 5) is 0. The van der Waals surface area contributed by atoms with E-state index in [0.29, 0.717) is 0 Å². The molecule has 106 valence electrons. The summed E-state index contributed by atoms with van der Waals surface area (Å²) >= 11 is 2.33. The van der Waals surface area contributed by atoms with E-state index in [1.807, 2.05) is 0 Å².